The highest BCUT2D eigenvalue weighted by Gasteiger charge is 2.36. The average Bonchev–Trinajstić information content (AvgIpc) is 2.56. The van der Waals surface area contributed by atoms with E-state index < -0.39 is 13.2 Å². The van der Waals surface area contributed by atoms with Crippen molar-refractivity contribution in [3.05, 3.63) is 61.0 Å². The molecule has 2 aromatic carbocycles. The van der Waals surface area contributed by atoms with Gasteiger partial charge in [-0.2, -0.15) is 0 Å². The molecule has 0 amide bonds. The summed E-state index contributed by atoms with van der Waals surface area (Å²) in [5.41, 5.74) is 1.06. The van der Waals surface area contributed by atoms with E-state index in [4.69, 9.17) is 9.16 Å². The molecule has 0 fully saturated rings. The molecule has 0 N–H and O–H groups in total. The van der Waals surface area contributed by atoms with Crippen LogP contribution in [-0.2, 0) is 11.0 Å². The molecule has 0 unspecified atom stereocenters. The Labute approximate surface area is 177 Å². The third-order valence-corrected chi connectivity index (χ3v) is 10.4. The summed E-state index contributed by atoms with van der Waals surface area (Å²) in [6.45, 7) is 11.7. The minimum atomic E-state index is -1.79. The highest BCUT2D eigenvalue weighted by atomic mass is 79.9. The van der Waals surface area contributed by atoms with Gasteiger partial charge in [0.25, 0.3) is 5.69 Å². The van der Waals surface area contributed by atoms with Gasteiger partial charge in [-0.25, -0.2) is 0 Å². The van der Waals surface area contributed by atoms with Crippen molar-refractivity contribution in [2.24, 2.45) is 0 Å². The number of halogens is 2. The highest BCUT2D eigenvalue weighted by Crippen LogP contribution is 2.40. The molecule has 27 heavy (non-hydrogen) atoms. The van der Waals surface area contributed by atoms with Crippen LogP contribution in [0.3, 0.4) is 0 Å². The molecular formula is C19H23Br2NO4Si. The number of nitro benzene ring substituents is 1. The van der Waals surface area contributed by atoms with E-state index in [0.29, 0.717) is 27.1 Å². The lowest BCUT2D eigenvalue weighted by atomic mass is 10.2. The second-order valence-electron chi connectivity index (χ2n) is 7.79. The summed E-state index contributed by atoms with van der Waals surface area (Å²) in [6, 6.07) is 10.5. The standard InChI is InChI=1S/C19H23Br2NO4Si/c1-19(2,3)27(4,5)25-12-13-6-8-15(9-7-13)26-18-16(20)10-14(22(23)24)11-17(18)21/h6-11H,12H2,1-5H3. The molecule has 0 spiro atoms. The maximum Gasteiger partial charge on any atom is 0.271 e. The molecule has 0 atom stereocenters. The fourth-order valence-electron chi connectivity index (χ4n) is 2.00. The molecule has 0 saturated heterocycles. The zero-order valence-electron chi connectivity index (χ0n) is 16.0. The van der Waals surface area contributed by atoms with Gasteiger partial charge in [-0.05, 0) is 67.7 Å². The van der Waals surface area contributed by atoms with Crippen LogP contribution in [0, 0.1) is 10.1 Å². The maximum atomic E-state index is 10.9. The predicted octanol–water partition coefficient (Wildman–Crippen LogP) is 7.43. The van der Waals surface area contributed by atoms with Crippen LogP contribution >= 0.6 is 31.9 Å². The Balaban J connectivity index is 2.10. The van der Waals surface area contributed by atoms with Crippen molar-refractivity contribution in [2.75, 3.05) is 0 Å². The molecule has 0 aliphatic carbocycles. The zero-order valence-corrected chi connectivity index (χ0v) is 20.2. The average molecular weight is 517 g/mol. The van der Waals surface area contributed by atoms with Crippen molar-refractivity contribution in [3.8, 4) is 11.5 Å². The molecule has 0 bridgehead atoms. The van der Waals surface area contributed by atoms with E-state index >= 15 is 0 Å². The molecule has 2 aromatic rings. The van der Waals surface area contributed by atoms with Gasteiger partial charge in [-0.15, -0.1) is 0 Å². The second kappa shape index (κ2) is 8.42. The van der Waals surface area contributed by atoms with Gasteiger partial charge in [-0.3, -0.25) is 10.1 Å². The molecule has 0 aliphatic rings. The molecule has 0 aliphatic heterocycles. The minimum absolute atomic E-state index is 0.0146. The van der Waals surface area contributed by atoms with E-state index in [1.165, 1.54) is 12.1 Å². The molecule has 0 aromatic heterocycles. The quantitative estimate of drug-likeness (QED) is 0.227. The normalized spacial score (nSPS) is 12.1. The van der Waals surface area contributed by atoms with Crippen molar-refractivity contribution >= 4 is 45.9 Å². The fourth-order valence-corrected chi connectivity index (χ4v) is 4.29. The number of rotatable bonds is 6. The zero-order chi connectivity index (χ0) is 20.4. The number of benzene rings is 2. The Hall–Kier alpha value is -1.22. The lowest BCUT2D eigenvalue weighted by Gasteiger charge is -2.36. The lowest BCUT2D eigenvalue weighted by molar-refractivity contribution is -0.385. The SMILES string of the molecule is CC(C)(C)[Si](C)(C)OCc1ccc(Oc2c(Br)cc([N+](=O)[O-])cc2Br)cc1. The van der Waals surface area contributed by atoms with Crippen LogP contribution in [0.2, 0.25) is 18.1 Å². The predicted molar refractivity (Wildman–Crippen MR) is 117 cm³/mol. The molecule has 0 heterocycles. The third-order valence-electron chi connectivity index (χ3n) is 4.74. The van der Waals surface area contributed by atoms with Gasteiger partial charge in [0.15, 0.2) is 14.1 Å². The lowest BCUT2D eigenvalue weighted by Crippen LogP contribution is -2.40. The number of nitrogens with zero attached hydrogens (tertiary/aromatic N) is 1. The first kappa shape index (κ1) is 22.1. The number of hydrogen-bond donors (Lipinski definition) is 0. The summed E-state index contributed by atoms with van der Waals surface area (Å²) in [7, 11) is -1.79. The van der Waals surface area contributed by atoms with E-state index in [1.807, 2.05) is 24.3 Å². The second-order valence-corrected chi connectivity index (χ2v) is 14.3. The molecule has 0 radical (unpaired) electrons. The van der Waals surface area contributed by atoms with E-state index in [1.54, 1.807) is 0 Å². The van der Waals surface area contributed by atoms with Crippen LogP contribution in [-0.4, -0.2) is 13.2 Å². The minimum Gasteiger partial charge on any atom is -0.455 e. The molecule has 5 nitrogen and oxygen atoms in total. The molecular weight excluding hydrogens is 494 g/mol. The first-order valence-corrected chi connectivity index (χ1v) is 12.9. The van der Waals surface area contributed by atoms with Crippen LogP contribution in [0.5, 0.6) is 11.5 Å². The Bertz CT molecular complexity index is 810. The summed E-state index contributed by atoms with van der Waals surface area (Å²) in [4.78, 5) is 10.5. The summed E-state index contributed by atoms with van der Waals surface area (Å²) >= 11 is 6.66. The van der Waals surface area contributed by atoms with Gasteiger partial charge in [0.2, 0.25) is 0 Å². The van der Waals surface area contributed by atoms with Gasteiger partial charge in [0.1, 0.15) is 5.75 Å². The summed E-state index contributed by atoms with van der Waals surface area (Å²) in [6.07, 6.45) is 0. The number of ether oxygens (including phenoxy) is 1. The smallest absolute Gasteiger partial charge is 0.271 e. The largest absolute Gasteiger partial charge is 0.455 e. The molecule has 0 saturated carbocycles. The van der Waals surface area contributed by atoms with Gasteiger partial charge in [-0.1, -0.05) is 32.9 Å². The van der Waals surface area contributed by atoms with Gasteiger partial charge in [0, 0.05) is 12.1 Å². The van der Waals surface area contributed by atoms with Gasteiger partial charge in [0.05, 0.1) is 20.5 Å². The van der Waals surface area contributed by atoms with Crippen LogP contribution in [0.25, 0.3) is 0 Å². The molecule has 146 valence electrons. The first-order valence-electron chi connectivity index (χ1n) is 8.45. The fraction of sp³-hybridized carbons (Fsp3) is 0.368. The summed E-state index contributed by atoms with van der Waals surface area (Å²) in [5.74, 6) is 1.13. The monoisotopic (exact) mass is 515 g/mol. The molecule has 8 heteroatoms. The Morgan fingerprint density at radius 1 is 1.07 bits per heavy atom. The topological polar surface area (TPSA) is 61.6 Å². The van der Waals surface area contributed by atoms with E-state index in [2.05, 4.69) is 65.7 Å². The summed E-state index contributed by atoms with van der Waals surface area (Å²) < 4.78 is 13.1. The van der Waals surface area contributed by atoms with Crippen molar-refractivity contribution in [3.63, 3.8) is 0 Å². The number of nitro groups is 1. The Morgan fingerprint density at radius 3 is 2.04 bits per heavy atom. The maximum absolute atomic E-state index is 10.9. The van der Waals surface area contributed by atoms with Crippen molar-refractivity contribution < 1.29 is 14.1 Å². The van der Waals surface area contributed by atoms with Crippen LogP contribution in [0.1, 0.15) is 26.3 Å². The third kappa shape index (κ3) is 5.63. The van der Waals surface area contributed by atoms with Crippen LogP contribution < -0.4 is 4.74 Å². The van der Waals surface area contributed by atoms with Crippen molar-refractivity contribution in [1.82, 2.24) is 0 Å². The number of non-ortho nitro benzene ring substituents is 1. The van der Waals surface area contributed by atoms with Crippen LogP contribution in [0.4, 0.5) is 5.69 Å². The van der Waals surface area contributed by atoms with Crippen molar-refractivity contribution in [2.45, 2.75) is 45.5 Å². The van der Waals surface area contributed by atoms with Gasteiger partial charge >= 0.3 is 0 Å². The number of hydrogen-bond acceptors (Lipinski definition) is 4. The first-order chi connectivity index (χ1) is 12.4. The molecule has 2 rings (SSSR count). The highest BCUT2D eigenvalue weighted by molar-refractivity contribution is 9.11. The van der Waals surface area contributed by atoms with E-state index in [0.717, 1.165) is 5.56 Å². The van der Waals surface area contributed by atoms with Crippen molar-refractivity contribution in [1.29, 1.82) is 0 Å². The Morgan fingerprint density at radius 2 is 1.59 bits per heavy atom. The summed E-state index contributed by atoms with van der Waals surface area (Å²) in [5, 5.41) is 11.1. The Kier molecular flexibility index (Phi) is 6.89. The van der Waals surface area contributed by atoms with Crippen LogP contribution in [0.15, 0.2) is 45.3 Å². The van der Waals surface area contributed by atoms with E-state index in [-0.39, 0.29) is 10.7 Å². The van der Waals surface area contributed by atoms with Gasteiger partial charge < -0.3 is 9.16 Å². The van der Waals surface area contributed by atoms with E-state index in [9.17, 15) is 10.1 Å².